The standard InChI is InChI=1S/C19H25Cl2N3O/c1-3-6-15(4-2)13-23-9-5-10-24(14-23)19(25)22-12-16-7-8-17(20)18(21)11-16/h3-4,6-8,11H,5,9-10,12-14H2,1-2H3,(H,22,25). The van der Waals surface area contributed by atoms with E-state index in [2.05, 4.69) is 22.4 Å². The Morgan fingerprint density at radius 1 is 1.24 bits per heavy atom. The Morgan fingerprint density at radius 2 is 2.04 bits per heavy atom. The van der Waals surface area contributed by atoms with Gasteiger partial charge in [-0.15, -0.1) is 0 Å². The van der Waals surface area contributed by atoms with Crippen LogP contribution in [0.5, 0.6) is 0 Å². The summed E-state index contributed by atoms with van der Waals surface area (Å²) in [6.07, 6.45) is 7.25. The van der Waals surface area contributed by atoms with Gasteiger partial charge in [-0.1, -0.05) is 47.5 Å². The summed E-state index contributed by atoms with van der Waals surface area (Å²) in [7, 11) is 0. The molecular weight excluding hydrogens is 357 g/mol. The zero-order valence-electron chi connectivity index (χ0n) is 14.8. The molecule has 0 aromatic heterocycles. The third-order valence-electron chi connectivity index (χ3n) is 4.15. The Kier molecular flexibility index (Phi) is 7.82. The Morgan fingerprint density at radius 3 is 2.72 bits per heavy atom. The molecule has 1 saturated heterocycles. The second kappa shape index (κ2) is 9.85. The first-order valence-corrected chi connectivity index (χ1v) is 9.26. The number of benzene rings is 1. The minimum absolute atomic E-state index is 0.0520. The van der Waals surface area contributed by atoms with E-state index in [1.54, 1.807) is 12.1 Å². The third kappa shape index (κ3) is 6.07. The van der Waals surface area contributed by atoms with Crippen molar-refractivity contribution in [2.75, 3.05) is 26.3 Å². The van der Waals surface area contributed by atoms with Crippen LogP contribution in [0.1, 0.15) is 25.8 Å². The molecule has 0 saturated carbocycles. The highest BCUT2D eigenvalue weighted by atomic mass is 35.5. The Balaban J connectivity index is 1.87. The lowest BCUT2D eigenvalue weighted by Gasteiger charge is -2.35. The summed E-state index contributed by atoms with van der Waals surface area (Å²) >= 11 is 11.9. The van der Waals surface area contributed by atoms with E-state index >= 15 is 0 Å². The van der Waals surface area contributed by atoms with Gasteiger partial charge >= 0.3 is 6.03 Å². The van der Waals surface area contributed by atoms with Gasteiger partial charge in [0.15, 0.2) is 0 Å². The van der Waals surface area contributed by atoms with Crippen molar-refractivity contribution >= 4 is 29.2 Å². The van der Waals surface area contributed by atoms with E-state index in [0.29, 0.717) is 23.3 Å². The van der Waals surface area contributed by atoms with Crippen LogP contribution >= 0.6 is 23.2 Å². The number of hydrogen-bond acceptors (Lipinski definition) is 2. The van der Waals surface area contributed by atoms with Crippen LogP contribution in [-0.2, 0) is 6.54 Å². The first-order valence-electron chi connectivity index (χ1n) is 8.50. The van der Waals surface area contributed by atoms with E-state index in [1.807, 2.05) is 30.9 Å². The molecule has 0 atom stereocenters. The summed E-state index contributed by atoms with van der Waals surface area (Å²) in [5.74, 6) is 0. The van der Waals surface area contributed by atoms with E-state index in [-0.39, 0.29) is 6.03 Å². The highest BCUT2D eigenvalue weighted by Crippen LogP contribution is 2.22. The molecule has 0 radical (unpaired) electrons. The molecule has 4 nitrogen and oxygen atoms in total. The predicted molar refractivity (Wildman–Crippen MR) is 105 cm³/mol. The zero-order chi connectivity index (χ0) is 18.2. The predicted octanol–water partition coefficient (Wildman–Crippen LogP) is 4.69. The van der Waals surface area contributed by atoms with Crippen LogP contribution in [0.2, 0.25) is 10.0 Å². The van der Waals surface area contributed by atoms with Crippen molar-refractivity contribution in [3.05, 3.63) is 57.6 Å². The second-order valence-electron chi connectivity index (χ2n) is 6.08. The number of rotatable bonds is 5. The van der Waals surface area contributed by atoms with Crippen molar-refractivity contribution < 1.29 is 4.79 Å². The minimum Gasteiger partial charge on any atom is -0.334 e. The van der Waals surface area contributed by atoms with Gasteiger partial charge < -0.3 is 10.2 Å². The molecule has 0 bridgehead atoms. The van der Waals surface area contributed by atoms with E-state index in [0.717, 1.165) is 31.6 Å². The van der Waals surface area contributed by atoms with Gasteiger partial charge in [0, 0.05) is 26.2 Å². The maximum absolute atomic E-state index is 12.5. The number of nitrogens with one attached hydrogen (secondary N) is 1. The maximum atomic E-state index is 12.5. The summed E-state index contributed by atoms with van der Waals surface area (Å²) < 4.78 is 0. The lowest BCUT2D eigenvalue weighted by Crippen LogP contribution is -2.51. The molecule has 1 aliphatic rings. The number of nitrogens with zero attached hydrogens (tertiary/aromatic N) is 2. The van der Waals surface area contributed by atoms with Crippen LogP contribution in [0.3, 0.4) is 0 Å². The lowest BCUT2D eigenvalue weighted by atomic mass is 10.2. The van der Waals surface area contributed by atoms with Gasteiger partial charge in [0.05, 0.1) is 16.7 Å². The number of amides is 2. The fourth-order valence-electron chi connectivity index (χ4n) is 2.81. The number of urea groups is 1. The molecule has 2 amide bonds. The average molecular weight is 382 g/mol. The van der Waals surface area contributed by atoms with E-state index in [4.69, 9.17) is 23.2 Å². The largest absolute Gasteiger partial charge is 0.334 e. The number of carbonyl (C=O) groups is 1. The van der Waals surface area contributed by atoms with Crippen molar-refractivity contribution in [1.29, 1.82) is 0 Å². The van der Waals surface area contributed by atoms with Crippen LogP contribution in [0.25, 0.3) is 0 Å². The fraction of sp³-hybridized carbons (Fsp3) is 0.421. The molecule has 1 aromatic rings. The Hall–Kier alpha value is -1.49. The van der Waals surface area contributed by atoms with Gasteiger partial charge in [0.2, 0.25) is 0 Å². The zero-order valence-corrected chi connectivity index (χ0v) is 16.3. The van der Waals surface area contributed by atoms with Crippen molar-refractivity contribution in [2.45, 2.75) is 26.8 Å². The highest BCUT2D eigenvalue weighted by molar-refractivity contribution is 6.42. The van der Waals surface area contributed by atoms with Crippen molar-refractivity contribution in [3.63, 3.8) is 0 Å². The summed E-state index contributed by atoms with van der Waals surface area (Å²) in [6.45, 7) is 7.78. The number of hydrogen-bond donors (Lipinski definition) is 1. The number of carbonyl (C=O) groups excluding carboxylic acids is 1. The van der Waals surface area contributed by atoms with Crippen molar-refractivity contribution in [1.82, 2.24) is 15.1 Å². The van der Waals surface area contributed by atoms with Crippen LogP contribution < -0.4 is 5.32 Å². The first-order chi connectivity index (χ1) is 12.0. The summed E-state index contributed by atoms with van der Waals surface area (Å²) in [5, 5.41) is 3.98. The van der Waals surface area contributed by atoms with Gasteiger partial charge in [0.1, 0.15) is 0 Å². The van der Waals surface area contributed by atoms with Crippen LogP contribution in [0, 0.1) is 0 Å². The molecule has 1 aliphatic heterocycles. The molecule has 136 valence electrons. The molecular formula is C19H25Cl2N3O. The van der Waals surface area contributed by atoms with Gasteiger partial charge in [0.25, 0.3) is 0 Å². The number of halogens is 2. The summed E-state index contributed by atoms with van der Waals surface area (Å²) in [6, 6.07) is 5.34. The summed E-state index contributed by atoms with van der Waals surface area (Å²) in [4.78, 5) is 16.6. The first kappa shape index (κ1) is 19.8. The summed E-state index contributed by atoms with van der Waals surface area (Å²) in [5.41, 5.74) is 2.20. The van der Waals surface area contributed by atoms with Gasteiger partial charge in [-0.25, -0.2) is 4.79 Å². The van der Waals surface area contributed by atoms with Crippen LogP contribution in [0.15, 0.2) is 42.0 Å². The van der Waals surface area contributed by atoms with E-state index < -0.39 is 0 Å². The molecule has 1 fully saturated rings. The molecule has 0 spiro atoms. The van der Waals surface area contributed by atoms with Gasteiger partial charge in [-0.05, 0) is 43.5 Å². The molecule has 25 heavy (non-hydrogen) atoms. The average Bonchev–Trinajstić information content (AvgIpc) is 2.62. The normalized spacial score (nSPS) is 16.5. The molecule has 0 unspecified atom stereocenters. The molecule has 1 N–H and O–H groups in total. The lowest BCUT2D eigenvalue weighted by molar-refractivity contribution is 0.111. The Bertz CT molecular complexity index is 658. The Labute approximate surface area is 160 Å². The quantitative estimate of drug-likeness (QED) is 0.750. The maximum Gasteiger partial charge on any atom is 0.318 e. The molecule has 2 rings (SSSR count). The SMILES string of the molecule is CC=CC(=CC)CN1CCCN(C(=O)NCc2ccc(Cl)c(Cl)c2)C1. The molecule has 1 aromatic carbocycles. The fourth-order valence-corrected chi connectivity index (χ4v) is 3.14. The van der Waals surface area contributed by atoms with E-state index in [1.165, 1.54) is 5.57 Å². The van der Waals surface area contributed by atoms with Crippen molar-refractivity contribution in [2.24, 2.45) is 0 Å². The molecule has 6 heteroatoms. The monoisotopic (exact) mass is 381 g/mol. The van der Waals surface area contributed by atoms with Gasteiger partial charge in [-0.2, -0.15) is 0 Å². The third-order valence-corrected chi connectivity index (χ3v) is 4.88. The number of allylic oxidation sites excluding steroid dienone is 2. The second-order valence-corrected chi connectivity index (χ2v) is 6.90. The van der Waals surface area contributed by atoms with E-state index in [9.17, 15) is 4.79 Å². The van der Waals surface area contributed by atoms with Crippen LogP contribution in [0.4, 0.5) is 4.79 Å². The highest BCUT2D eigenvalue weighted by Gasteiger charge is 2.21. The van der Waals surface area contributed by atoms with Gasteiger partial charge in [-0.3, -0.25) is 4.90 Å². The smallest absolute Gasteiger partial charge is 0.318 e. The minimum atomic E-state index is -0.0520. The molecule has 1 heterocycles. The van der Waals surface area contributed by atoms with Crippen molar-refractivity contribution in [3.8, 4) is 0 Å². The van der Waals surface area contributed by atoms with Crippen LogP contribution in [-0.4, -0.2) is 42.1 Å². The topological polar surface area (TPSA) is 35.6 Å². The molecule has 0 aliphatic carbocycles.